The number of hydrogen-bond acceptors (Lipinski definition) is 4. The molecular formula is C14H21N3O3S. The van der Waals surface area contributed by atoms with Crippen molar-refractivity contribution in [1.82, 2.24) is 15.4 Å². The Morgan fingerprint density at radius 2 is 2.10 bits per heavy atom. The highest BCUT2D eigenvalue weighted by atomic mass is 32.2. The van der Waals surface area contributed by atoms with Gasteiger partial charge in [0.1, 0.15) is 0 Å². The van der Waals surface area contributed by atoms with Gasteiger partial charge in [0.25, 0.3) is 5.91 Å². The number of nitrogens with one attached hydrogen (secondary N) is 3. The van der Waals surface area contributed by atoms with Gasteiger partial charge in [-0.2, -0.15) is 0 Å². The summed E-state index contributed by atoms with van der Waals surface area (Å²) in [5, 5.41) is 5.96. The van der Waals surface area contributed by atoms with E-state index in [1.165, 1.54) is 12.1 Å². The summed E-state index contributed by atoms with van der Waals surface area (Å²) in [4.78, 5) is 12.1. The summed E-state index contributed by atoms with van der Waals surface area (Å²) in [5.74, 6) is 0.215. The molecular weight excluding hydrogens is 290 g/mol. The van der Waals surface area contributed by atoms with Crippen molar-refractivity contribution in [1.29, 1.82) is 0 Å². The number of amides is 1. The fourth-order valence-electron chi connectivity index (χ4n) is 2.01. The van der Waals surface area contributed by atoms with Crippen molar-refractivity contribution >= 4 is 15.9 Å². The Bertz CT molecular complexity index is 610. The van der Waals surface area contributed by atoms with Crippen molar-refractivity contribution in [3.05, 3.63) is 29.8 Å². The molecule has 21 heavy (non-hydrogen) atoms. The molecule has 0 radical (unpaired) electrons. The predicted octanol–water partition coefficient (Wildman–Crippen LogP) is 0.323. The quantitative estimate of drug-likeness (QED) is 0.706. The molecule has 0 aromatic heterocycles. The molecule has 0 spiro atoms. The normalized spacial score (nSPS) is 15.8. The van der Waals surface area contributed by atoms with E-state index in [2.05, 4.69) is 15.4 Å². The van der Waals surface area contributed by atoms with Crippen molar-refractivity contribution in [2.45, 2.75) is 24.8 Å². The summed E-state index contributed by atoms with van der Waals surface area (Å²) in [6, 6.07) is 5.88. The Hall–Kier alpha value is -1.44. The maximum Gasteiger partial charge on any atom is 0.251 e. The minimum atomic E-state index is -3.58. The summed E-state index contributed by atoms with van der Waals surface area (Å²) in [7, 11) is -3.58. The lowest BCUT2D eigenvalue weighted by molar-refractivity contribution is 0.0942. The van der Waals surface area contributed by atoms with E-state index < -0.39 is 10.0 Å². The summed E-state index contributed by atoms with van der Waals surface area (Å²) in [6.45, 7) is 5.93. The van der Waals surface area contributed by atoms with Crippen LogP contribution in [0.3, 0.4) is 0 Å². The Morgan fingerprint density at radius 1 is 1.38 bits per heavy atom. The predicted molar refractivity (Wildman–Crippen MR) is 80.6 cm³/mol. The van der Waals surface area contributed by atoms with Gasteiger partial charge in [0.2, 0.25) is 10.0 Å². The number of benzene rings is 1. The van der Waals surface area contributed by atoms with E-state index in [-0.39, 0.29) is 16.8 Å². The van der Waals surface area contributed by atoms with E-state index in [1.807, 2.05) is 0 Å². The highest BCUT2D eigenvalue weighted by Crippen LogP contribution is 2.12. The molecule has 3 N–H and O–H groups in total. The van der Waals surface area contributed by atoms with Gasteiger partial charge in [-0.3, -0.25) is 4.79 Å². The molecule has 1 fully saturated rings. The van der Waals surface area contributed by atoms with Crippen molar-refractivity contribution in [3.63, 3.8) is 0 Å². The van der Waals surface area contributed by atoms with E-state index in [1.54, 1.807) is 26.0 Å². The number of sulfonamides is 1. The van der Waals surface area contributed by atoms with Crippen LogP contribution in [-0.4, -0.2) is 40.0 Å². The van der Waals surface area contributed by atoms with Gasteiger partial charge in [-0.1, -0.05) is 6.07 Å². The molecule has 1 saturated heterocycles. The number of carbonyl (C=O) groups is 1. The zero-order valence-electron chi connectivity index (χ0n) is 12.2. The summed E-state index contributed by atoms with van der Waals surface area (Å²) < 4.78 is 26.7. The summed E-state index contributed by atoms with van der Waals surface area (Å²) in [5.41, 5.74) is 0.355. The van der Waals surface area contributed by atoms with Crippen molar-refractivity contribution in [2.24, 2.45) is 5.92 Å². The first-order valence-electron chi connectivity index (χ1n) is 7.00. The molecule has 1 aromatic rings. The van der Waals surface area contributed by atoms with Gasteiger partial charge in [-0.15, -0.1) is 0 Å². The third-order valence-electron chi connectivity index (χ3n) is 3.21. The molecule has 0 aliphatic carbocycles. The van der Waals surface area contributed by atoms with Gasteiger partial charge in [0.05, 0.1) is 4.90 Å². The van der Waals surface area contributed by atoms with E-state index in [0.717, 1.165) is 13.1 Å². The monoisotopic (exact) mass is 311 g/mol. The third kappa shape index (κ3) is 4.26. The van der Waals surface area contributed by atoms with Gasteiger partial charge >= 0.3 is 0 Å². The van der Waals surface area contributed by atoms with E-state index in [0.29, 0.717) is 18.0 Å². The lowest BCUT2D eigenvalue weighted by Gasteiger charge is -2.27. The number of hydrogen-bond donors (Lipinski definition) is 3. The molecule has 1 heterocycles. The van der Waals surface area contributed by atoms with Crippen LogP contribution in [0.2, 0.25) is 0 Å². The molecule has 0 bridgehead atoms. The second-order valence-electron chi connectivity index (χ2n) is 5.54. The Labute approximate surface area is 125 Å². The van der Waals surface area contributed by atoms with Crippen molar-refractivity contribution in [2.75, 3.05) is 19.6 Å². The molecule has 7 heteroatoms. The van der Waals surface area contributed by atoms with Gasteiger partial charge in [0.15, 0.2) is 0 Å². The van der Waals surface area contributed by atoms with Crippen LogP contribution in [-0.2, 0) is 10.0 Å². The Kier molecular flexibility index (Phi) is 4.97. The molecule has 1 aliphatic rings. The number of rotatable bonds is 6. The first-order chi connectivity index (χ1) is 9.88. The molecule has 1 amide bonds. The van der Waals surface area contributed by atoms with E-state index in [4.69, 9.17) is 0 Å². The van der Waals surface area contributed by atoms with Gasteiger partial charge in [-0.05, 0) is 32.0 Å². The molecule has 1 aromatic carbocycles. The van der Waals surface area contributed by atoms with Crippen LogP contribution in [0.4, 0.5) is 0 Å². The highest BCUT2D eigenvalue weighted by molar-refractivity contribution is 7.89. The van der Waals surface area contributed by atoms with Crippen LogP contribution in [0, 0.1) is 5.92 Å². The second-order valence-corrected chi connectivity index (χ2v) is 7.25. The lowest BCUT2D eigenvalue weighted by atomic mass is 10.0. The Morgan fingerprint density at radius 3 is 2.67 bits per heavy atom. The van der Waals surface area contributed by atoms with Crippen LogP contribution >= 0.6 is 0 Å². The molecule has 6 nitrogen and oxygen atoms in total. The van der Waals surface area contributed by atoms with Crippen molar-refractivity contribution < 1.29 is 13.2 Å². The number of carbonyl (C=O) groups excluding carboxylic acids is 1. The Balaban J connectivity index is 2.07. The first-order valence-corrected chi connectivity index (χ1v) is 8.48. The smallest absolute Gasteiger partial charge is 0.251 e. The summed E-state index contributed by atoms with van der Waals surface area (Å²) >= 11 is 0. The van der Waals surface area contributed by atoms with Crippen LogP contribution in [0.15, 0.2) is 29.2 Å². The van der Waals surface area contributed by atoms with E-state index >= 15 is 0 Å². The highest BCUT2D eigenvalue weighted by Gasteiger charge is 2.19. The van der Waals surface area contributed by atoms with Gasteiger partial charge in [0, 0.05) is 37.2 Å². The summed E-state index contributed by atoms with van der Waals surface area (Å²) in [6.07, 6.45) is 0. The average molecular weight is 311 g/mol. The molecule has 0 saturated carbocycles. The molecule has 116 valence electrons. The van der Waals surface area contributed by atoms with Gasteiger partial charge in [-0.25, -0.2) is 13.1 Å². The average Bonchev–Trinajstić information content (AvgIpc) is 2.35. The van der Waals surface area contributed by atoms with Crippen LogP contribution < -0.4 is 15.4 Å². The van der Waals surface area contributed by atoms with Crippen LogP contribution in [0.25, 0.3) is 0 Å². The molecule has 2 rings (SSSR count). The minimum Gasteiger partial charge on any atom is -0.352 e. The molecule has 1 aliphatic heterocycles. The van der Waals surface area contributed by atoms with Crippen LogP contribution in [0.5, 0.6) is 0 Å². The maximum absolute atomic E-state index is 12.1. The topological polar surface area (TPSA) is 87.3 Å². The standard InChI is InChI=1S/C14H21N3O3S/c1-10(2)17-21(19,20)13-5-3-4-12(6-13)14(18)16-9-11-7-15-8-11/h3-6,10-11,15,17H,7-9H2,1-2H3,(H,16,18). The lowest BCUT2D eigenvalue weighted by Crippen LogP contribution is -2.48. The third-order valence-corrected chi connectivity index (χ3v) is 4.87. The zero-order chi connectivity index (χ0) is 15.5. The zero-order valence-corrected chi connectivity index (χ0v) is 13.0. The molecule has 0 atom stereocenters. The van der Waals surface area contributed by atoms with E-state index in [9.17, 15) is 13.2 Å². The maximum atomic E-state index is 12.1. The minimum absolute atomic E-state index is 0.106. The van der Waals surface area contributed by atoms with Crippen LogP contribution in [0.1, 0.15) is 24.2 Å². The molecule has 0 unspecified atom stereocenters. The fraction of sp³-hybridized carbons (Fsp3) is 0.500. The largest absolute Gasteiger partial charge is 0.352 e. The fourth-order valence-corrected chi connectivity index (χ4v) is 3.31. The van der Waals surface area contributed by atoms with Gasteiger partial charge < -0.3 is 10.6 Å². The SMILES string of the molecule is CC(C)NS(=O)(=O)c1cccc(C(=O)NCC2CNC2)c1. The first kappa shape index (κ1) is 15.9. The second kappa shape index (κ2) is 6.55. The van der Waals surface area contributed by atoms with Crippen molar-refractivity contribution in [3.8, 4) is 0 Å².